The number of rotatable bonds is 6. The van der Waals surface area contributed by atoms with E-state index in [0.29, 0.717) is 5.39 Å². The molecule has 1 unspecified atom stereocenters. The van der Waals surface area contributed by atoms with E-state index in [1.54, 1.807) is 24.3 Å². The third-order valence-electron chi connectivity index (χ3n) is 3.47. The Labute approximate surface area is 130 Å². The topological polar surface area (TPSA) is 121 Å². The number of aromatic nitrogens is 2. The third-order valence-corrected chi connectivity index (χ3v) is 3.47. The summed E-state index contributed by atoms with van der Waals surface area (Å²) in [5.74, 6) is -2.08. The van der Waals surface area contributed by atoms with Crippen LogP contribution in [0, 0.1) is 5.92 Å². The molecule has 122 valence electrons. The Bertz CT molecular complexity index is 852. The average molecular weight is 319 g/mol. The van der Waals surface area contributed by atoms with Gasteiger partial charge in [0.15, 0.2) is 0 Å². The molecule has 0 aliphatic carbocycles. The van der Waals surface area contributed by atoms with E-state index in [1.807, 2.05) is 0 Å². The number of carboxylic acid groups (broad SMARTS) is 1. The maximum absolute atomic E-state index is 12.2. The van der Waals surface area contributed by atoms with Gasteiger partial charge in [0.25, 0.3) is 11.1 Å². The van der Waals surface area contributed by atoms with Crippen LogP contribution in [0.3, 0.4) is 0 Å². The van der Waals surface area contributed by atoms with Crippen LogP contribution in [0.25, 0.3) is 10.8 Å². The number of aryl methyl sites for hydroxylation is 1. The average Bonchev–Trinajstić information content (AvgIpc) is 2.54. The lowest BCUT2D eigenvalue weighted by Crippen LogP contribution is -2.34. The summed E-state index contributed by atoms with van der Waals surface area (Å²) in [4.78, 5) is 46.5. The van der Waals surface area contributed by atoms with Gasteiger partial charge in [0.2, 0.25) is 5.91 Å². The van der Waals surface area contributed by atoms with Crippen molar-refractivity contribution in [3.8, 4) is 0 Å². The zero-order valence-electron chi connectivity index (χ0n) is 12.5. The second-order valence-corrected chi connectivity index (χ2v) is 5.24. The van der Waals surface area contributed by atoms with Crippen molar-refractivity contribution in [2.24, 2.45) is 5.92 Å². The first-order chi connectivity index (χ1) is 10.9. The number of hydrogen-bond donors (Lipinski definition) is 3. The van der Waals surface area contributed by atoms with Crippen molar-refractivity contribution in [1.82, 2.24) is 15.1 Å². The van der Waals surface area contributed by atoms with E-state index in [4.69, 9.17) is 5.11 Å². The maximum atomic E-state index is 12.2. The molecule has 8 heteroatoms. The molecular formula is C15H17N3O5. The molecule has 1 atom stereocenters. The van der Waals surface area contributed by atoms with E-state index >= 15 is 0 Å². The number of nitrogens with one attached hydrogen (secondary N) is 2. The van der Waals surface area contributed by atoms with Gasteiger partial charge in [-0.25, -0.2) is 4.68 Å². The Kier molecular flexibility index (Phi) is 4.95. The van der Waals surface area contributed by atoms with Gasteiger partial charge in [-0.1, -0.05) is 19.1 Å². The van der Waals surface area contributed by atoms with Gasteiger partial charge in [0.1, 0.15) is 0 Å². The summed E-state index contributed by atoms with van der Waals surface area (Å²) in [6.45, 7) is 1.50. The molecule has 0 spiro atoms. The van der Waals surface area contributed by atoms with Crippen molar-refractivity contribution >= 4 is 22.6 Å². The Morgan fingerprint density at radius 3 is 2.57 bits per heavy atom. The minimum atomic E-state index is -1.000. The van der Waals surface area contributed by atoms with Crippen molar-refractivity contribution in [2.75, 3.05) is 6.54 Å². The van der Waals surface area contributed by atoms with Crippen LogP contribution >= 0.6 is 0 Å². The number of carbonyl (C=O) groups excluding carboxylic acids is 1. The third kappa shape index (κ3) is 3.85. The molecule has 0 aliphatic heterocycles. The van der Waals surface area contributed by atoms with Crippen molar-refractivity contribution in [2.45, 2.75) is 19.9 Å². The molecule has 8 nitrogen and oxygen atoms in total. The van der Waals surface area contributed by atoms with E-state index in [9.17, 15) is 19.2 Å². The molecule has 0 saturated carbocycles. The molecular weight excluding hydrogens is 302 g/mol. The van der Waals surface area contributed by atoms with E-state index < -0.39 is 17.4 Å². The fourth-order valence-electron chi connectivity index (χ4n) is 2.06. The van der Waals surface area contributed by atoms with Gasteiger partial charge in [-0.3, -0.25) is 24.3 Å². The highest BCUT2D eigenvalue weighted by Gasteiger charge is 2.13. The molecule has 0 saturated heterocycles. The van der Waals surface area contributed by atoms with Crippen molar-refractivity contribution in [1.29, 1.82) is 0 Å². The number of carbonyl (C=O) groups is 2. The minimum absolute atomic E-state index is 0.00614. The van der Waals surface area contributed by atoms with Gasteiger partial charge in [-0.2, -0.15) is 0 Å². The number of H-pyrrole nitrogens is 1. The van der Waals surface area contributed by atoms with Crippen molar-refractivity contribution in [3.63, 3.8) is 0 Å². The summed E-state index contributed by atoms with van der Waals surface area (Å²) in [5.41, 5.74) is -0.785. The summed E-state index contributed by atoms with van der Waals surface area (Å²) < 4.78 is 1.09. The molecule has 3 N–H and O–H groups in total. The summed E-state index contributed by atoms with van der Waals surface area (Å²) >= 11 is 0. The van der Waals surface area contributed by atoms with Gasteiger partial charge >= 0.3 is 5.97 Å². The zero-order chi connectivity index (χ0) is 17.0. The molecule has 0 aliphatic rings. The lowest BCUT2D eigenvalue weighted by atomic mass is 10.2. The standard InChI is InChI=1S/C15H17N3O5/c1-9(15(22)23)8-16-12(19)6-7-18-14(21)11-5-3-2-4-10(11)13(20)17-18/h2-5,9H,6-8H2,1H3,(H,16,19)(H,17,20)(H,22,23). The molecule has 1 heterocycles. The van der Waals surface area contributed by atoms with E-state index in [-0.39, 0.29) is 36.4 Å². The number of hydrogen-bond acceptors (Lipinski definition) is 4. The molecule has 1 amide bonds. The Balaban J connectivity index is 2.07. The first kappa shape index (κ1) is 16.5. The summed E-state index contributed by atoms with van der Waals surface area (Å²) in [6, 6.07) is 6.43. The smallest absolute Gasteiger partial charge is 0.308 e. The highest BCUT2D eigenvalue weighted by atomic mass is 16.4. The number of nitrogens with zero attached hydrogens (tertiary/aromatic N) is 1. The van der Waals surface area contributed by atoms with Crippen LogP contribution in [0.2, 0.25) is 0 Å². The second kappa shape index (κ2) is 6.91. The molecule has 0 radical (unpaired) electrons. The van der Waals surface area contributed by atoms with E-state index in [1.165, 1.54) is 6.92 Å². The van der Waals surface area contributed by atoms with Gasteiger partial charge in [-0.05, 0) is 12.1 Å². The van der Waals surface area contributed by atoms with Crippen LogP contribution in [-0.4, -0.2) is 33.3 Å². The zero-order valence-corrected chi connectivity index (χ0v) is 12.5. The number of aliphatic carboxylic acids is 1. The number of aromatic amines is 1. The van der Waals surface area contributed by atoms with Crippen LogP contribution in [0.15, 0.2) is 33.9 Å². The monoisotopic (exact) mass is 319 g/mol. The van der Waals surface area contributed by atoms with Crippen LogP contribution in [0.1, 0.15) is 13.3 Å². The van der Waals surface area contributed by atoms with Crippen LogP contribution < -0.4 is 16.4 Å². The quantitative estimate of drug-likeness (QED) is 0.687. The fraction of sp³-hybridized carbons (Fsp3) is 0.333. The predicted octanol–water partition coefficient (Wildman–Crippen LogP) is -0.0832. The lowest BCUT2D eigenvalue weighted by molar-refractivity contribution is -0.141. The molecule has 0 bridgehead atoms. The summed E-state index contributed by atoms with van der Waals surface area (Å²) in [6.07, 6.45) is -0.0411. The van der Waals surface area contributed by atoms with Crippen LogP contribution in [0.4, 0.5) is 0 Å². The van der Waals surface area contributed by atoms with Crippen molar-refractivity contribution in [3.05, 3.63) is 45.0 Å². The molecule has 2 aromatic rings. The number of benzene rings is 1. The van der Waals surface area contributed by atoms with Gasteiger partial charge in [-0.15, -0.1) is 0 Å². The minimum Gasteiger partial charge on any atom is -0.481 e. The summed E-state index contributed by atoms with van der Waals surface area (Å²) in [5, 5.41) is 14.2. The summed E-state index contributed by atoms with van der Waals surface area (Å²) in [7, 11) is 0. The SMILES string of the molecule is CC(CNC(=O)CCn1[nH]c(=O)c2ccccc2c1=O)C(=O)O. The van der Waals surface area contributed by atoms with Crippen LogP contribution in [-0.2, 0) is 16.1 Å². The maximum Gasteiger partial charge on any atom is 0.308 e. The highest BCUT2D eigenvalue weighted by Crippen LogP contribution is 2.02. The van der Waals surface area contributed by atoms with Gasteiger partial charge < -0.3 is 10.4 Å². The van der Waals surface area contributed by atoms with Crippen LogP contribution in [0.5, 0.6) is 0 Å². The van der Waals surface area contributed by atoms with E-state index in [0.717, 1.165) is 4.68 Å². The first-order valence-electron chi connectivity index (χ1n) is 7.11. The van der Waals surface area contributed by atoms with Gasteiger partial charge in [0, 0.05) is 13.0 Å². The molecule has 0 fully saturated rings. The molecule has 2 rings (SSSR count). The lowest BCUT2D eigenvalue weighted by Gasteiger charge is -2.09. The second-order valence-electron chi connectivity index (χ2n) is 5.24. The largest absolute Gasteiger partial charge is 0.481 e. The highest BCUT2D eigenvalue weighted by molar-refractivity contribution is 5.80. The van der Waals surface area contributed by atoms with E-state index in [2.05, 4.69) is 10.4 Å². The Morgan fingerprint density at radius 2 is 1.91 bits per heavy atom. The van der Waals surface area contributed by atoms with Gasteiger partial charge in [0.05, 0.1) is 23.2 Å². The molecule has 1 aromatic carbocycles. The first-order valence-corrected chi connectivity index (χ1v) is 7.11. The number of carboxylic acids is 1. The Hall–Kier alpha value is -2.90. The fourth-order valence-corrected chi connectivity index (χ4v) is 2.06. The van der Waals surface area contributed by atoms with Crippen molar-refractivity contribution < 1.29 is 14.7 Å². The number of fused-ring (bicyclic) bond motifs is 1. The number of amides is 1. The molecule has 23 heavy (non-hydrogen) atoms. The predicted molar refractivity (Wildman–Crippen MR) is 83.3 cm³/mol. The molecule has 1 aromatic heterocycles. The normalized spacial score (nSPS) is 12.0. The Morgan fingerprint density at radius 1 is 1.26 bits per heavy atom.